The van der Waals surface area contributed by atoms with Gasteiger partial charge >= 0.3 is 0 Å². The van der Waals surface area contributed by atoms with Gasteiger partial charge < -0.3 is 10.0 Å². The molecule has 1 saturated heterocycles. The third kappa shape index (κ3) is 3.60. The molecule has 3 heterocycles. The van der Waals surface area contributed by atoms with Crippen molar-refractivity contribution in [1.29, 1.82) is 0 Å². The Hall–Kier alpha value is -2.88. The van der Waals surface area contributed by atoms with Crippen LogP contribution < -0.4 is 0 Å². The summed E-state index contributed by atoms with van der Waals surface area (Å²) in [5.41, 5.74) is 0.142. The van der Waals surface area contributed by atoms with Crippen LogP contribution in [0.3, 0.4) is 0 Å². The Balaban J connectivity index is 1.71. The molecule has 170 valence electrons. The number of halogens is 4. The molecule has 0 bridgehead atoms. The summed E-state index contributed by atoms with van der Waals surface area (Å²) in [5, 5.41) is 14.4. The van der Waals surface area contributed by atoms with Crippen LogP contribution >= 0.6 is 23.2 Å². The lowest BCUT2D eigenvalue weighted by atomic mass is 9.99. The van der Waals surface area contributed by atoms with Crippen LogP contribution in [-0.2, 0) is 0 Å². The maximum absolute atomic E-state index is 14.7. The molecule has 5 rings (SSSR count). The fourth-order valence-electron chi connectivity index (χ4n) is 4.10. The van der Waals surface area contributed by atoms with Gasteiger partial charge in [-0.15, -0.1) is 5.10 Å². The number of aliphatic imine (C=N–C) groups is 1. The second-order valence-electron chi connectivity index (χ2n) is 7.90. The predicted octanol–water partition coefficient (Wildman–Crippen LogP) is 3.97. The molecule has 2 aromatic carbocycles. The SMILES string of the molecule is C[C@@H]1N=C(c2c(F)cccc2F)c2c(ccc(Cl)c2Cl)-n2nc(C(=O)N3CC[C@@H](O)C3)nc21. The lowest BCUT2D eigenvalue weighted by Gasteiger charge is -2.15. The van der Waals surface area contributed by atoms with Crippen LogP contribution in [0.2, 0.25) is 10.0 Å². The summed E-state index contributed by atoms with van der Waals surface area (Å²) in [6.07, 6.45) is -0.105. The highest BCUT2D eigenvalue weighted by atomic mass is 35.5. The van der Waals surface area contributed by atoms with Crippen molar-refractivity contribution >= 4 is 34.8 Å². The van der Waals surface area contributed by atoms with Crippen molar-refractivity contribution in [1.82, 2.24) is 19.7 Å². The zero-order chi connectivity index (χ0) is 23.4. The maximum atomic E-state index is 14.7. The largest absolute Gasteiger partial charge is 0.391 e. The lowest BCUT2D eigenvalue weighted by Crippen LogP contribution is -2.30. The van der Waals surface area contributed by atoms with E-state index in [9.17, 15) is 18.7 Å². The first-order valence-corrected chi connectivity index (χ1v) is 11.0. The van der Waals surface area contributed by atoms with Crippen molar-refractivity contribution in [3.05, 3.63) is 74.8 Å². The van der Waals surface area contributed by atoms with Crippen LogP contribution in [0, 0.1) is 11.6 Å². The molecule has 2 aliphatic heterocycles. The van der Waals surface area contributed by atoms with Crippen LogP contribution in [0.1, 0.15) is 47.0 Å². The Morgan fingerprint density at radius 3 is 2.55 bits per heavy atom. The quantitative estimate of drug-likeness (QED) is 0.587. The van der Waals surface area contributed by atoms with Crippen LogP contribution in [0.4, 0.5) is 8.78 Å². The molecule has 1 N–H and O–H groups in total. The third-order valence-corrected chi connectivity index (χ3v) is 6.51. The molecular weight excluding hydrogens is 475 g/mol. The molecule has 0 unspecified atom stereocenters. The minimum absolute atomic E-state index is 0.0246. The highest BCUT2D eigenvalue weighted by Gasteiger charge is 2.34. The third-order valence-electron chi connectivity index (χ3n) is 5.71. The van der Waals surface area contributed by atoms with E-state index in [0.29, 0.717) is 24.5 Å². The van der Waals surface area contributed by atoms with E-state index in [1.807, 2.05) is 0 Å². The molecule has 2 aliphatic rings. The van der Waals surface area contributed by atoms with E-state index in [4.69, 9.17) is 23.2 Å². The smallest absolute Gasteiger partial charge is 0.293 e. The number of aromatic nitrogens is 3. The van der Waals surface area contributed by atoms with Crippen molar-refractivity contribution in [3.63, 3.8) is 0 Å². The minimum Gasteiger partial charge on any atom is -0.391 e. The second kappa shape index (κ2) is 8.16. The zero-order valence-electron chi connectivity index (χ0n) is 17.3. The number of likely N-dealkylation sites (tertiary alicyclic amines) is 1. The molecular formula is C22H17Cl2F2N5O2. The van der Waals surface area contributed by atoms with Crippen molar-refractivity contribution in [2.24, 2.45) is 4.99 Å². The highest BCUT2D eigenvalue weighted by Crippen LogP contribution is 2.38. The Labute approximate surface area is 197 Å². The Morgan fingerprint density at radius 2 is 1.88 bits per heavy atom. The van der Waals surface area contributed by atoms with Crippen LogP contribution in [0.5, 0.6) is 0 Å². The number of rotatable bonds is 2. The summed E-state index contributed by atoms with van der Waals surface area (Å²) in [5.74, 6) is -1.81. The van der Waals surface area contributed by atoms with E-state index in [2.05, 4.69) is 15.1 Å². The summed E-state index contributed by atoms with van der Waals surface area (Å²) in [4.78, 5) is 23.3. The molecule has 2 atom stereocenters. The van der Waals surface area contributed by atoms with Gasteiger partial charge in [-0.1, -0.05) is 29.3 Å². The lowest BCUT2D eigenvalue weighted by molar-refractivity contribution is 0.0753. The predicted molar refractivity (Wildman–Crippen MR) is 118 cm³/mol. The summed E-state index contributed by atoms with van der Waals surface area (Å²) in [6, 6.07) is 5.91. The average Bonchev–Trinajstić information content (AvgIpc) is 3.39. The minimum atomic E-state index is -0.807. The van der Waals surface area contributed by atoms with Crippen molar-refractivity contribution in [2.45, 2.75) is 25.5 Å². The van der Waals surface area contributed by atoms with Gasteiger partial charge in [-0.2, -0.15) is 0 Å². The van der Waals surface area contributed by atoms with E-state index < -0.39 is 29.7 Å². The Kier molecular flexibility index (Phi) is 5.43. The first-order valence-electron chi connectivity index (χ1n) is 10.2. The van der Waals surface area contributed by atoms with Gasteiger partial charge in [0.05, 0.1) is 33.1 Å². The van der Waals surface area contributed by atoms with E-state index >= 15 is 0 Å². The normalized spacial score (nSPS) is 19.7. The standard InChI is InChI=1S/C22H17Cl2F2N5O2/c1-10-21-28-20(22(33)30-8-7-11(32)9-30)29-31(21)15-6-5-12(23)18(24)17(15)19(27-10)16-13(25)3-2-4-14(16)26/h2-6,10-11,32H,7-9H2,1H3/t10-,11+/m0/s1. The first-order chi connectivity index (χ1) is 15.8. The Morgan fingerprint density at radius 1 is 1.15 bits per heavy atom. The fourth-order valence-corrected chi connectivity index (χ4v) is 4.51. The molecule has 33 heavy (non-hydrogen) atoms. The molecule has 0 saturated carbocycles. The van der Waals surface area contributed by atoms with E-state index in [-0.39, 0.29) is 39.3 Å². The highest BCUT2D eigenvalue weighted by molar-refractivity contribution is 6.45. The number of hydrogen-bond acceptors (Lipinski definition) is 5. The van der Waals surface area contributed by atoms with Gasteiger partial charge in [-0.05, 0) is 37.6 Å². The first kappa shape index (κ1) is 21.9. The number of carbonyl (C=O) groups excluding carboxylic acids is 1. The number of benzene rings is 2. The van der Waals surface area contributed by atoms with Gasteiger partial charge in [0.2, 0.25) is 5.82 Å². The summed E-state index contributed by atoms with van der Waals surface area (Å²) in [6.45, 7) is 2.27. The van der Waals surface area contributed by atoms with Crippen molar-refractivity contribution < 1.29 is 18.7 Å². The van der Waals surface area contributed by atoms with Crippen molar-refractivity contribution in [3.8, 4) is 5.69 Å². The number of carbonyl (C=O) groups is 1. The van der Waals surface area contributed by atoms with E-state index in [1.165, 1.54) is 21.7 Å². The number of β-amino-alcohol motifs (C(OH)–C–C–N with tert-alkyl or cyclic N) is 1. The van der Waals surface area contributed by atoms with Gasteiger partial charge in [0.25, 0.3) is 5.91 Å². The summed E-state index contributed by atoms with van der Waals surface area (Å²) in [7, 11) is 0. The van der Waals surface area contributed by atoms with Gasteiger partial charge in [0.1, 0.15) is 17.7 Å². The number of aliphatic hydroxyl groups excluding tert-OH is 1. The number of fused-ring (bicyclic) bond motifs is 3. The molecule has 0 aliphatic carbocycles. The van der Waals surface area contributed by atoms with Crippen molar-refractivity contribution in [2.75, 3.05) is 13.1 Å². The molecule has 7 nitrogen and oxygen atoms in total. The van der Waals surface area contributed by atoms with E-state index in [0.717, 1.165) is 12.1 Å². The maximum Gasteiger partial charge on any atom is 0.293 e. The monoisotopic (exact) mass is 491 g/mol. The molecule has 1 amide bonds. The number of hydrogen-bond donors (Lipinski definition) is 1. The molecule has 0 spiro atoms. The molecule has 0 radical (unpaired) electrons. The van der Waals surface area contributed by atoms with Crippen LogP contribution in [0.15, 0.2) is 35.3 Å². The average molecular weight is 492 g/mol. The van der Waals surface area contributed by atoms with Gasteiger partial charge in [0, 0.05) is 18.7 Å². The van der Waals surface area contributed by atoms with Crippen LogP contribution in [-0.4, -0.2) is 55.6 Å². The fraction of sp³-hybridized carbons (Fsp3) is 0.273. The van der Waals surface area contributed by atoms with Gasteiger partial charge in [-0.25, -0.2) is 18.4 Å². The molecule has 1 aromatic heterocycles. The van der Waals surface area contributed by atoms with Gasteiger partial charge in [0.15, 0.2) is 5.82 Å². The molecule has 3 aromatic rings. The Bertz CT molecular complexity index is 1310. The number of amides is 1. The summed E-state index contributed by atoms with van der Waals surface area (Å²) >= 11 is 12.8. The zero-order valence-corrected chi connectivity index (χ0v) is 18.8. The van der Waals surface area contributed by atoms with Gasteiger partial charge in [-0.3, -0.25) is 9.79 Å². The second-order valence-corrected chi connectivity index (χ2v) is 8.69. The number of nitrogens with zero attached hydrogens (tertiary/aromatic N) is 5. The molecule has 1 fully saturated rings. The number of aliphatic hydroxyl groups is 1. The summed E-state index contributed by atoms with van der Waals surface area (Å²) < 4.78 is 30.9. The topological polar surface area (TPSA) is 83.6 Å². The van der Waals surface area contributed by atoms with Crippen LogP contribution in [0.25, 0.3) is 5.69 Å². The van der Waals surface area contributed by atoms with E-state index in [1.54, 1.807) is 13.0 Å². The molecule has 11 heteroatoms.